The van der Waals surface area contributed by atoms with E-state index in [1.807, 2.05) is 31.2 Å². The number of benzene rings is 1. The van der Waals surface area contributed by atoms with E-state index in [1.165, 1.54) is 50.4 Å². The number of hydrogen-bond acceptors (Lipinski definition) is 5. The van der Waals surface area contributed by atoms with Crippen LogP contribution in [-0.4, -0.2) is 36.8 Å². The van der Waals surface area contributed by atoms with Gasteiger partial charge in [-0.2, -0.15) is 0 Å². The van der Waals surface area contributed by atoms with Crippen LogP contribution < -0.4 is 4.72 Å². The lowest BCUT2D eigenvalue weighted by Gasteiger charge is -2.04. The van der Waals surface area contributed by atoms with Gasteiger partial charge in [0.1, 0.15) is 5.75 Å². The van der Waals surface area contributed by atoms with Crippen LogP contribution >= 0.6 is 46.5 Å². The van der Waals surface area contributed by atoms with Gasteiger partial charge in [0.2, 0.25) is 0 Å². The Morgan fingerprint density at radius 2 is 1.86 bits per heavy atom. The Bertz CT molecular complexity index is 926. The zero-order valence-electron chi connectivity index (χ0n) is 22.1. The van der Waals surface area contributed by atoms with Gasteiger partial charge >= 0.3 is 0 Å². The third kappa shape index (κ3) is 15.6. The Labute approximate surface area is 236 Å². The number of nitrogens with zero attached hydrogens (tertiary/aromatic N) is 1. The van der Waals surface area contributed by atoms with Crippen molar-refractivity contribution in [2.24, 2.45) is 0 Å². The summed E-state index contributed by atoms with van der Waals surface area (Å²) in [5.74, 6) is 0.0638. The third-order valence-electron chi connectivity index (χ3n) is 4.62. The van der Waals surface area contributed by atoms with Crippen LogP contribution in [0.4, 0.5) is 10.1 Å². The largest absolute Gasteiger partial charge is 0.506 e. The van der Waals surface area contributed by atoms with E-state index in [1.54, 1.807) is 23.5 Å². The van der Waals surface area contributed by atoms with Crippen molar-refractivity contribution in [1.82, 2.24) is 4.90 Å². The lowest BCUT2D eigenvalue weighted by atomic mass is 10.2. The predicted molar refractivity (Wildman–Crippen MR) is 164 cm³/mol. The second-order valence-electron chi connectivity index (χ2n) is 7.78. The molecule has 0 bridgehead atoms. The van der Waals surface area contributed by atoms with Crippen molar-refractivity contribution in [3.05, 3.63) is 70.1 Å². The molecule has 8 heteroatoms. The summed E-state index contributed by atoms with van der Waals surface area (Å²) in [5.41, 5.74) is 1.98. The highest BCUT2D eigenvalue weighted by atomic mass is 35.5. The second kappa shape index (κ2) is 21.6. The van der Waals surface area contributed by atoms with E-state index in [0.717, 1.165) is 32.6 Å². The molecule has 2 aromatic rings. The summed E-state index contributed by atoms with van der Waals surface area (Å²) >= 11 is 15.2. The molecule has 202 valence electrons. The molecule has 1 fully saturated rings. The van der Waals surface area contributed by atoms with Crippen LogP contribution in [0.2, 0.25) is 10.0 Å². The van der Waals surface area contributed by atoms with Crippen LogP contribution in [0.5, 0.6) is 5.75 Å². The van der Waals surface area contributed by atoms with Crippen LogP contribution in [0.25, 0.3) is 5.57 Å². The molecule has 3 nitrogen and oxygen atoms in total. The molecule has 3 rings (SSSR count). The molecule has 0 saturated carbocycles. The van der Waals surface area contributed by atoms with Crippen molar-refractivity contribution in [2.75, 3.05) is 31.5 Å². The van der Waals surface area contributed by atoms with Crippen molar-refractivity contribution < 1.29 is 9.50 Å². The first kappa shape index (κ1) is 34.6. The van der Waals surface area contributed by atoms with Gasteiger partial charge in [-0.05, 0) is 102 Å². The summed E-state index contributed by atoms with van der Waals surface area (Å²) in [4.78, 5) is 3.46. The van der Waals surface area contributed by atoms with Gasteiger partial charge < -0.3 is 14.7 Å². The lowest BCUT2D eigenvalue weighted by Crippen LogP contribution is -2.10. The molecule has 0 amide bonds. The van der Waals surface area contributed by atoms with Gasteiger partial charge in [0, 0.05) is 16.6 Å². The molecule has 1 aromatic carbocycles. The van der Waals surface area contributed by atoms with Crippen molar-refractivity contribution in [3.8, 4) is 5.75 Å². The standard InChI is InChI=1S/C15H15Cl2NOS2.C6H10.C5H11N.C2H5F/c1-3-4-9(2)15-12(17)8-14(20-15)21-18-10-5-6-11(16)13(19)7-10;1-3-5-6-4-2;1-6-4-2-3-5-6;1-2-3/h4-8,18-19H,3H2,1-2H3;3-4,6H,1,5H2,2H3;2-5H2,1H3;2H2,1H3/b9-4+;6-4-;;. The van der Waals surface area contributed by atoms with Crippen molar-refractivity contribution >= 4 is 57.7 Å². The summed E-state index contributed by atoms with van der Waals surface area (Å²) in [6, 6.07) is 7.00. The van der Waals surface area contributed by atoms with Crippen LogP contribution in [0, 0.1) is 0 Å². The molecular formula is C28H41Cl2FN2OS2. The molecule has 36 heavy (non-hydrogen) atoms. The highest BCUT2D eigenvalue weighted by molar-refractivity contribution is 8.02. The number of likely N-dealkylation sites (tertiary alicyclic amines) is 1. The Kier molecular flexibility index (Phi) is 20.8. The number of rotatable bonds is 7. The second-order valence-corrected chi connectivity index (χ2v) is 10.8. The molecule has 2 heterocycles. The number of allylic oxidation sites excluding steroid dienone is 5. The third-order valence-corrected chi connectivity index (χ3v) is 7.57. The van der Waals surface area contributed by atoms with E-state index in [0.29, 0.717) is 5.02 Å². The van der Waals surface area contributed by atoms with Crippen molar-refractivity contribution in [2.45, 2.75) is 57.6 Å². The van der Waals surface area contributed by atoms with Crippen LogP contribution in [-0.2, 0) is 0 Å². The Morgan fingerprint density at radius 3 is 2.31 bits per heavy atom. The van der Waals surface area contributed by atoms with Crippen LogP contribution in [0.3, 0.4) is 0 Å². The van der Waals surface area contributed by atoms with E-state index in [2.05, 4.69) is 49.2 Å². The van der Waals surface area contributed by atoms with E-state index >= 15 is 0 Å². The topological polar surface area (TPSA) is 35.5 Å². The average Bonchev–Trinajstić information content (AvgIpc) is 3.48. The number of phenols is 1. The first-order valence-electron chi connectivity index (χ1n) is 12.1. The van der Waals surface area contributed by atoms with Gasteiger partial charge in [0.15, 0.2) is 0 Å². The van der Waals surface area contributed by atoms with E-state index in [-0.39, 0.29) is 12.4 Å². The van der Waals surface area contributed by atoms with Gasteiger partial charge in [-0.3, -0.25) is 4.39 Å². The fourth-order valence-electron chi connectivity index (χ4n) is 2.86. The number of phenolic OH excluding ortho intramolecular Hbond substituents is 1. The lowest BCUT2D eigenvalue weighted by molar-refractivity contribution is 0.418. The van der Waals surface area contributed by atoms with E-state index in [9.17, 15) is 9.50 Å². The molecule has 1 aliphatic heterocycles. The fraction of sp³-hybridized carbons (Fsp3) is 0.429. The number of anilines is 1. The quantitative estimate of drug-likeness (QED) is 0.254. The predicted octanol–water partition coefficient (Wildman–Crippen LogP) is 10.5. The number of aromatic hydroxyl groups is 1. The maximum Gasteiger partial charge on any atom is 0.136 e. The van der Waals surface area contributed by atoms with E-state index < -0.39 is 0 Å². The highest BCUT2D eigenvalue weighted by Gasteiger charge is 2.10. The molecule has 0 unspecified atom stereocenters. The summed E-state index contributed by atoms with van der Waals surface area (Å²) < 4.78 is 14.5. The SMILES string of the molecule is C=CC/C=C\C.CC/C=C(\C)c1sc(SNc2ccc(Cl)c(O)c2)cc1Cl.CCF.CN1CCCC1. The normalized spacial score (nSPS) is 13.2. The summed E-state index contributed by atoms with van der Waals surface area (Å²) in [6.07, 6.45) is 12.9. The van der Waals surface area contributed by atoms with Gasteiger partial charge in [-0.25, -0.2) is 0 Å². The maximum absolute atomic E-state index is 10.3. The number of thiophene rings is 1. The molecular weight excluding hydrogens is 534 g/mol. The fourth-order valence-corrected chi connectivity index (χ4v) is 5.32. The monoisotopic (exact) mass is 574 g/mol. The minimum absolute atomic E-state index is 0.0638. The minimum Gasteiger partial charge on any atom is -0.506 e. The zero-order valence-corrected chi connectivity index (χ0v) is 25.3. The summed E-state index contributed by atoms with van der Waals surface area (Å²) in [7, 11) is 2.17. The van der Waals surface area contributed by atoms with Crippen LogP contribution in [0.15, 0.2) is 59.4 Å². The summed E-state index contributed by atoms with van der Waals surface area (Å²) in [6.45, 7) is 13.6. The van der Waals surface area contributed by atoms with Gasteiger partial charge in [-0.1, -0.05) is 54.4 Å². The first-order valence-corrected chi connectivity index (χ1v) is 14.5. The van der Waals surface area contributed by atoms with Gasteiger partial charge in [0.25, 0.3) is 0 Å². The number of halogens is 3. The van der Waals surface area contributed by atoms with Gasteiger partial charge in [0.05, 0.1) is 20.9 Å². The zero-order chi connectivity index (χ0) is 27.3. The molecule has 0 atom stereocenters. The summed E-state index contributed by atoms with van der Waals surface area (Å²) in [5, 5.41) is 10.7. The Morgan fingerprint density at radius 1 is 1.22 bits per heavy atom. The van der Waals surface area contributed by atoms with Crippen molar-refractivity contribution in [1.29, 1.82) is 0 Å². The minimum atomic E-state index is -0.250. The molecule has 0 spiro atoms. The smallest absolute Gasteiger partial charge is 0.136 e. The molecule has 2 N–H and O–H groups in total. The Hall–Kier alpha value is -1.44. The van der Waals surface area contributed by atoms with Gasteiger partial charge in [-0.15, -0.1) is 17.9 Å². The molecule has 0 radical (unpaired) electrons. The van der Waals surface area contributed by atoms with Crippen molar-refractivity contribution in [3.63, 3.8) is 0 Å². The van der Waals surface area contributed by atoms with E-state index in [4.69, 9.17) is 23.2 Å². The number of hydrogen-bond donors (Lipinski definition) is 2. The molecule has 0 aliphatic carbocycles. The molecule has 1 aromatic heterocycles. The first-order chi connectivity index (χ1) is 17.2. The average molecular weight is 576 g/mol. The number of nitrogens with one attached hydrogen (secondary N) is 1. The van der Waals surface area contributed by atoms with Crippen LogP contribution in [0.1, 0.15) is 58.3 Å². The maximum atomic E-state index is 10.3. The molecule has 1 saturated heterocycles. The Balaban J connectivity index is 0.000000663. The molecule has 1 aliphatic rings. The highest BCUT2D eigenvalue weighted by Crippen LogP contribution is 2.38. The number of alkyl halides is 1.